The highest BCUT2D eigenvalue weighted by Gasteiger charge is 2.24. The summed E-state index contributed by atoms with van der Waals surface area (Å²) in [5, 5.41) is 2.79. The van der Waals surface area contributed by atoms with Gasteiger partial charge in [0.2, 0.25) is 0 Å². The number of aryl methyl sites for hydroxylation is 1. The van der Waals surface area contributed by atoms with Gasteiger partial charge in [0.25, 0.3) is 5.91 Å². The molecule has 1 aromatic carbocycles. The minimum atomic E-state index is -0.706. The van der Waals surface area contributed by atoms with E-state index in [1.54, 1.807) is 19.2 Å². The Labute approximate surface area is 184 Å². The van der Waals surface area contributed by atoms with Crippen molar-refractivity contribution in [3.05, 3.63) is 64.1 Å². The number of aromatic nitrogens is 2. The van der Waals surface area contributed by atoms with Crippen LogP contribution in [0.4, 0.5) is 8.78 Å². The molecule has 0 aliphatic rings. The topological polar surface area (TPSA) is 81.6 Å². The Hall–Kier alpha value is -2.71. The Morgan fingerprint density at radius 3 is 2.68 bits per heavy atom. The van der Waals surface area contributed by atoms with Crippen LogP contribution < -0.4 is 15.8 Å². The molecule has 0 radical (unpaired) electrons. The highest BCUT2D eigenvalue weighted by atomic mass is 35.5. The number of halogens is 3. The summed E-state index contributed by atoms with van der Waals surface area (Å²) in [7, 11) is 0. The van der Waals surface area contributed by atoms with Gasteiger partial charge in [-0.3, -0.25) is 9.20 Å². The van der Waals surface area contributed by atoms with Gasteiger partial charge < -0.3 is 15.8 Å². The lowest BCUT2D eigenvalue weighted by Crippen LogP contribution is -2.47. The van der Waals surface area contributed by atoms with Crippen LogP contribution in [-0.2, 0) is 6.61 Å². The van der Waals surface area contributed by atoms with Crippen LogP contribution in [0.5, 0.6) is 5.75 Å². The normalized spacial score (nSPS) is 13.3. The number of nitrogens with two attached hydrogens (primary N) is 1. The van der Waals surface area contributed by atoms with Gasteiger partial charge in [0.15, 0.2) is 22.2 Å². The Morgan fingerprint density at radius 2 is 2.03 bits per heavy atom. The van der Waals surface area contributed by atoms with E-state index in [2.05, 4.69) is 10.3 Å². The summed E-state index contributed by atoms with van der Waals surface area (Å²) < 4.78 is 35.0. The highest BCUT2D eigenvalue weighted by Crippen LogP contribution is 2.28. The lowest BCUT2D eigenvalue weighted by atomic mass is 9.98. The average molecular weight is 451 g/mol. The van der Waals surface area contributed by atoms with Gasteiger partial charge in [0, 0.05) is 18.3 Å². The largest absolute Gasteiger partial charge is 0.485 e. The van der Waals surface area contributed by atoms with Crippen molar-refractivity contribution in [3.8, 4) is 5.75 Å². The second-order valence-electron chi connectivity index (χ2n) is 7.90. The maximum atomic E-state index is 13.9. The highest BCUT2D eigenvalue weighted by molar-refractivity contribution is 6.32. The first-order valence-corrected chi connectivity index (χ1v) is 10.3. The third-order valence-corrected chi connectivity index (χ3v) is 5.17. The summed E-state index contributed by atoms with van der Waals surface area (Å²) in [6.45, 7) is 5.61. The molecular formula is C22H25ClF2N4O2. The van der Waals surface area contributed by atoms with Gasteiger partial charge >= 0.3 is 0 Å². The van der Waals surface area contributed by atoms with Crippen LogP contribution in [0.25, 0.3) is 5.65 Å². The van der Waals surface area contributed by atoms with E-state index >= 15 is 0 Å². The molecule has 3 aromatic rings. The van der Waals surface area contributed by atoms with E-state index < -0.39 is 23.1 Å². The Kier molecular flexibility index (Phi) is 6.81. The summed E-state index contributed by atoms with van der Waals surface area (Å²) in [4.78, 5) is 17.1. The number of amides is 1. The number of carbonyl (C=O) groups is 1. The van der Waals surface area contributed by atoms with Crippen molar-refractivity contribution >= 4 is 23.2 Å². The second kappa shape index (κ2) is 9.20. The summed E-state index contributed by atoms with van der Waals surface area (Å²) in [6, 6.07) is 5.26. The first kappa shape index (κ1) is 23.0. The lowest BCUT2D eigenvalue weighted by Gasteiger charge is -2.24. The van der Waals surface area contributed by atoms with E-state index in [1.807, 2.05) is 13.8 Å². The van der Waals surface area contributed by atoms with Gasteiger partial charge in [0.1, 0.15) is 18.2 Å². The molecule has 0 saturated heterocycles. The summed E-state index contributed by atoms with van der Waals surface area (Å²) in [6.07, 6.45) is 3.33. The number of pyridine rings is 1. The maximum absolute atomic E-state index is 13.9. The van der Waals surface area contributed by atoms with E-state index in [-0.39, 0.29) is 41.0 Å². The van der Waals surface area contributed by atoms with Gasteiger partial charge in [-0.1, -0.05) is 31.0 Å². The van der Waals surface area contributed by atoms with Crippen molar-refractivity contribution in [2.24, 2.45) is 5.73 Å². The smallest absolute Gasteiger partial charge is 0.271 e. The predicted molar refractivity (Wildman–Crippen MR) is 115 cm³/mol. The fourth-order valence-electron chi connectivity index (χ4n) is 3.37. The van der Waals surface area contributed by atoms with E-state index in [9.17, 15) is 13.6 Å². The molecule has 0 spiro atoms. The molecule has 0 bridgehead atoms. The van der Waals surface area contributed by atoms with Crippen LogP contribution in [0.15, 0.2) is 30.5 Å². The van der Waals surface area contributed by atoms with E-state index in [1.165, 1.54) is 10.5 Å². The van der Waals surface area contributed by atoms with Crippen LogP contribution in [0, 0.1) is 18.6 Å². The molecule has 0 fully saturated rings. The quantitative estimate of drug-likeness (QED) is 0.533. The number of carbonyl (C=O) groups excluding carboxylic acids is 1. The molecule has 6 nitrogen and oxygen atoms in total. The minimum absolute atomic E-state index is 0.0146. The molecule has 1 amide bonds. The maximum Gasteiger partial charge on any atom is 0.271 e. The SMILES string of the molecule is CCCC(C)(N)CNC(=O)c1c(Cl)nc2c(OCc3c(F)cccc3F)cc(C)cn12. The first-order valence-electron chi connectivity index (χ1n) is 9.94. The fraction of sp³-hybridized carbons (Fsp3) is 0.364. The summed E-state index contributed by atoms with van der Waals surface area (Å²) >= 11 is 6.27. The van der Waals surface area contributed by atoms with E-state index in [0.29, 0.717) is 0 Å². The van der Waals surface area contributed by atoms with Crippen molar-refractivity contribution in [2.45, 2.75) is 45.8 Å². The zero-order chi connectivity index (χ0) is 22.8. The predicted octanol–water partition coefficient (Wildman–Crippen LogP) is 4.40. The zero-order valence-electron chi connectivity index (χ0n) is 17.6. The molecule has 9 heteroatoms. The molecule has 2 aromatic heterocycles. The molecule has 0 aliphatic heterocycles. The van der Waals surface area contributed by atoms with Crippen molar-refractivity contribution in [3.63, 3.8) is 0 Å². The number of imidazole rings is 1. The van der Waals surface area contributed by atoms with Gasteiger partial charge in [-0.05, 0) is 44.0 Å². The third kappa shape index (κ3) is 5.14. The Morgan fingerprint density at radius 1 is 1.35 bits per heavy atom. The van der Waals surface area contributed by atoms with Gasteiger partial charge in [-0.25, -0.2) is 13.8 Å². The number of nitrogens with zero attached hydrogens (tertiary/aromatic N) is 2. The number of nitrogens with one attached hydrogen (secondary N) is 1. The molecule has 3 rings (SSSR count). The molecule has 1 unspecified atom stereocenters. The third-order valence-electron chi connectivity index (χ3n) is 4.90. The van der Waals surface area contributed by atoms with E-state index in [0.717, 1.165) is 30.5 Å². The van der Waals surface area contributed by atoms with Crippen LogP contribution >= 0.6 is 11.6 Å². The zero-order valence-corrected chi connectivity index (χ0v) is 18.4. The minimum Gasteiger partial charge on any atom is -0.485 e. The second-order valence-corrected chi connectivity index (χ2v) is 8.26. The fourth-order valence-corrected chi connectivity index (χ4v) is 3.63. The number of ether oxygens (including phenoxy) is 1. The average Bonchev–Trinajstić information content (AvgIpc) is 3.01. The number of rotatable bonds is 8. The van der Waals surface area contributed by atoms with Crippen LogP contribution in [-0.4, -0.2) is 27.4 Å². The van der Waals surface area contributed by atoms with Gasteiger partial charge in [-0.15, -0.1) is 0 Å². The van der Waals surface area contributed by atoms with Crippen LogP contribution in [0.1, 0.15) is 48.3 Å². The van der Waals surface area contributed by atoms with Crippen molar-refractivity contribution in [1.29, 1.82) is 0 Å². The summed E-state index contributed by atoms with van der Waals surface area (Å²) in [5.41, 5.74) is 6.59. The van der Waals surface area contributed by atoms with Crippen LogP contribution in [0.2, 0.25) is 5.15 Å². The number of hydrogen-bond acceptors (Lipinski definition) is 4. The first-order chi connectivity index (χ1) is 14.6. The Balaban J connectivity index is 1.90. The molecule has 2 heterocycles. The van der Waals surface area contributed by atoms with Crippen LogP contribution in [0.3, 0.4) is 0 Å². The summed E-state index contributed by atoms with van der Waals surface area (Å²) in [5.74, 6) is -1.59. The Bertz CT molecular complexity index is 1090. The van der Waals surface area contributed by atoms with Gasteiger partial charge in [0.05, 0.1) is 5.56 Å². The standard InChI is InChI=1S/C22H25ClF2N4O2/c1-4-8-22(3,26)12-27-21(30)18-19(23)28-20-17(9-13(2)10-29(18)20)31-11-14-15(24)6-5-7-16(14)25/h5-7,9-10H,4,8,11-12,26H2,1-3H3,(H,27,30). The molecule has 1 atom stereocenters. The molecule has 166 valence electrons. The van der Waals surface area contributed by atoms with E-state index in [4.69, 9.17) is 22.1 Å². The van der Waals surface area contributed by atoms with Crippen molar-refractivity contribution < 1.29 is 18.3 Å². The van der Waals surface area contributed by atoms with Gasteiger partial charge in [-0.2, -0.15) is 0 Å². The molecule has 0 saturated carbocycles. The lowest BCUT2D eigenvalue weighted by molar-refractivity contribution is 0.0938. The molecule has 31 heavy (non-hydrogen) atoms. The number of fused-ring (bicyclic) bond motifs is 1. The monoisotopic (exact) mass is 450 g/mol. The van der Waals surface area contributed by atoms with Crippen molar-refractivity contribution in [2.75, 3.05) is 6.54 Å². The number of benzene rings is 1. The molecular weight excluding hydrogens is 426 g/mol. The van der Waals surface area contributed by atoms with Crippen molar-refractivity contribution in [1.82, 2.24) is 14.7 Å². The number of hydrogen-bond donors (Lipinski definition) is 2. The molecule has 3 N–H and O–H groups in total. The molecule has 0 aliphatic carbocycles.